The first-order valence-corrected chi connectivity index (χ1v) is 8.78. The number of alkyl halides is 3. The van der Waals surface area contributed by atoms with Gasteiger partial charge in [0.05, 0.1) is 11.5 Å². The van der Waals surface area contributed by atoms with E-state index in [1.54, 1.807) is 13.0 Å². The van der Waals surface area contributed by atoms with E-state index < -0.39 is 17.7 Å². The Labute approximate surface area is 161 Å². The summed E-state index contributed by atoms with van der Waals surface area (Å²) in [6.45, 7) is 6.39. The molecule has 2 aromatic carbocycles. The summed E-state index contributed by atoms with van der Waals surface area (Å²) in [5, 5.41) is 5.75. The number of amides is 1. The Morgan fingerprint density at radius 1 is 1.14 bits per heavy atom. The molecule has 0 heterocycles. The molecule has 0 unspecified atom stereocenters. The van der Waals surface area contributed by atoms with E-state index in [1.807, 2.05) is 0 Å². The number of carbonyl (C=O) groups is 1. The average Bonchev–Trinajstić information content (AvgIpc) is 2.65. The molecule has 1 amide bonds. The molecule has 28 heavy (non-hydrogen) atoms. The third-order valence-electron chi connectivity index (χ3n) is 4.32. The van der Waals surface area contributed by atoms with E-state index in [1.165, 1.54) is 30.3 Å². The molecule has 2 rings (SSSR count). The van der Waals surface area contributed by atoms with E-state index in [0.29, 0.717) is 29.8 Å². The van der Waals surface area contributed by atoms with Crippen LogP contribution in [0.5, 0.6) is 0 Å². The Kier molecular flexibility index (Phi) is 7.34. The Morgan fingerprint density at radius 2 is 1.82 bits per heavy atom. The van der Waals surface area contributed by atoms with Gasteiger partial charge in [0.15, 0.2) is 0 Å². The van der Waals surface area contributed by atoms with Gasteiger partial charge in [0.25, 0.3) is 0 Å². The minimum atomic E-state index is -4.36. The summed E-state index contributed by atoms with van der Waals surface area (Å²) < 4.78 is 51.0. The van der Waals surface area contributed by atoms with Crippen LogP contribution in [0.15, 0.2) is 60.7 Å². The van der Waals surface area contributed by atoms with Gasteiger partial charge >= 0.3 is 6.18 Å². The predicted molar refractivity (Wildman–Crippen MR) is 101 cm³/mol. The third kappa shape index (κ3) is 6.49. The maximum Gasteiger partial charge on any atom is 0.416 e. The molecule has 0 fully saturated rings. The van der Waals surface area contributed by atoms with Gasteiger partial charge in [0, 0.05) is 12.2 Å². The SMILES string of the molecule is C=C(CCNCc1cccc(C(F)(F)F)c1)[C@H](C)C(=O)Nc1ccc(F)cc1. The molecular weight excluding hydrogens is 372 g/mol. The molecular formula is C21H22F4N2O. The molecule has 0 aliphatic heterocycles. The highest BCUT2D eigenvalue weighted by atomic mass is 19.4. The number of benzene rings is 2. The van der Waals surface area contributed by atoms with Crippen molar-refractivity contribution in [3.8, 4) is 0 Å². The standard InChI is InChI=1S/C21H22F4N2O/c1-14(15(2)20(28)27-19-8-6-18(22)7-9-19)10-11-26-13-16-4-3-5-17(12-16)21(23,24)25/h3-9,12,15,26H,1,10-11,13H2,2H3,(H,27,28)/t15-/m0/s1. The van der Waals surface area contributed by atoms with Gasteiger partial charge in [0.2, 0.25) is 5.91 Å². The zero-order valence-corrected chi connectivity index (χ0v) is 15.4. The summed E-state index contributed by atoms with van der Waals surface area (Å²) in [6, 6.07) is 10.6. The number of anilines is 1. The highest BCUT2D eigenvalue weighted by Gasteiger charge is 2.30. The highest BCUT2D eigenvalue weighted by Crippen LogP contribution is 2.29. The van der Waals surface area contributed by atoms with Gasteiger partial charge in [-0.1, -0.05) is 30.4 Å². The van der Waals surface area contributed by atoms with Crippen LogP contribution in [0, 0.1) is 11.7 Å². The third-order valence-corrected chi connectivity index (χ3v) is 4.32. The van der Waals surface area contributed by atoms with Gasteiger partial charge in [-0.25, -0.2) is 4.39 Å². The Bertz CT molecular complexity index is 816. The molecule has 0 saturated carbocycles. The van der Waals surface area contributed by atoms with Crippen molar-refractivity contribution >= 4 is 11.6 Å². The molecule has 2 aromatic rings. The zero-order valence-electron chi connectivity index (χ0n) is 15.4. The van der Waals surface area contributed by atoms with Crippen LogP contribution in [0.25, 0.3) is 0 Å². The average molecular weight is 394 g/mol. The molecule has 0 radical (unpaired) electrons. The first-order valence-electron chi connectivity index (χ1n) is 8.78. The van der Waals surface area contributed by atoms with Gasteiger partial charge in [-0.15, -0.1) is 0 Å². The number of rotatable bonds is 8. The largest absolute Gasteiger partial charge is 0.416 e. The van der Waals surface area contributed by atoms with Crippen molar-refractivity contribution in [3.05, 3.63) is 77.6 Å². The van der Waals surface area contributed by atoms with E-state index in [4.69, 9.17) is 0 Å². The molecule has 1 atom stereocenters. The van der Waals surface area contributed by atoms with Crippen molar-refractivity contribution in [1.29, 1.82) is 0 Å². The fraction of sp³-hybridized carbons (Fsp3) is 0.286. The molecule has 3 nitrogen and oxygen atoms in total. The van der Waals surface area contributed by atoms with Crippen LogP contribution in [0.3, 0.4) is 0 Å². The topological polar surface area (TPSA) is 41.1 Å². The number of halogens is 4. The zero-order chi connectivity index (χ0) is 20.7. The first-order chi connectivity index (χ1) is 13.2. The second-order valence-electron chi connectivity index (χ2n) is 6.50. The van der Waals surface area contributed by atoms with E-state index in [9.17, 15) is 22.4 Å². The lowest BCUT2D eigenvalue weighted by molar-refractivity contribution is -0.137. The van der Waals surface area contributed by atoms with Crippen LogP contribution in [-0.2, 0) is 17.5 Å². The Balaban J connectivity index is 1.77. The lowest BCUT2D eigenvalue weighted by atomic mass is 9.98. The van der Waals surface area contributed by atoms with E-state index >= 15 is 0 Å². The molecule has 0 aliphatic carbocycles. The Hall–Kier alpha value is -2.67. The maximum absolute atomic E-state index is 12.9. The van der Waals surface area contributed by atoms with Crippen LogP contribution >= 0.6 is 0 Å². The number of hydrogen-bond acceptors (Lipinski definition) is 2. The van der Waals surface area contributed by atoms with Crippen molar-refractivity contribution in [2.24, 2.45) is 5.92 Å². The number of hydrogen-bond donors (Lipinski definition) is 2. The number of carbonyl (C=O) groups excluding carboxylic acids is 1. The second kappa shape index (κ2) is 9.50. The van der Waals surface area contributed by atoms with Crippen LogP contribution in [0.2, 0.25) is 0 Å². The van der Waals surface area contributed by atoms with Crippen molar-refractivity contribution in [2.75, 3.05) is 11.9 Å². The normalized spacial score (nSPS) is 12.5. The Morgan fingerprint density at radius 3 is 2.46 bits per heavy atom. The molecule has 2 N–H and O–H groups in total. The molecule has 7 heteroatoms. The number of nitrogens with one attached hydrogen (secondary N) is 2. The lowest BCUT2D eigenvalue weighted by Gasteiger charge is -2.15. The minimum absolute atomic E-state index is 0.255. The second-order valence-corrected chi connectivity index (χ2v) is 6.50. The van der Waals surface area contributed by atoms with E-state index in [-0.39, 0.29) is 18.3 Å². The monoisotopic (exact) mass is 394 g/mol. The van der Waals surface area contributed by atoms with Crippen LogP contribution in [0.4, 0.5) is 23.2 Å². The molecule has 0 spiro atoms. The summed E-state index contributed by atoms with van der Waals surface area (Å²) in [5.41, 5.74) is 1.04. The fourth-order valence-electron chi connectivity index (χ4n) is 2.52. The van der Waals surface area contributed by atoms with Crippen molar-refractivity contribution in [1.82, 2.24) is 5.32 Å². The summed E-state index contributed by atoms with van der Waals surface area (Å²) in [7, 11) is 0. The van der Waals surface area contributed by atoms with Crippen LogP contribution < -0.4 is 10.6 Å². The van der Waals surface area contributed by atoms with Crippen LogP contribution in [-0.4, -0.2) is 12.5 Å². The molecule has 0 saturated heterocycles. The first kappa shape index (κ1) is 21.6. The van der Waals surface area contributed by atoms with E-state index in [0.717, 1.165) is 12.1 Å². The van der Waals surface area contributed by atoms with Gasteiger partial charge in [-0.05, 0) is 55.8 Å². The quantitative estimate of drug-likeness (QED) is 0.369. The predicted octanol–water partition coefficient (Wildman–Crippen LogP) is 5.16. The lowest BCUT2D eigenvalue weighted by Crippen LogP contribution is -2.24. The van der Waals surface area contributed by atoms with Gasteiger partial charge in [0.1, 0.15) is 5.82 Å². The summed E-state index contributed by atoms with van der Waals surface area (Å²) in [4.78, 5) is 12.2. The fourth-order valence-corrected chi connectivity index (χ4v) is 2.52. The van der Waals surface area contributed by atoms with Crippen LogP contribution in [0.1, 0.15) is 24.5 Å². The van der Waals surface area contributed by atoms with Gasteiger partial charge in [-0.2, -0.15) is 13.2 Å². The maximum atomic E-state index is 12.9. The smallest absolute Gasteiger partial charge is 0.326 e. The van der Waals surface area contributed by atoms with Crippen molar-refractivity contribution in [2.45, 2.75) is 26.1 Å². The van der Waals surface area contributed by atoms with Crippen molar-refractivity contribution < 1.29 is 22.4 Å². The molecule has 0 bridgehead atoms. The van der Waals surface area contributed by atoms with E-state index in [2.05, 4.69) is 17.2 Å². The van der Waals surface area contributed by atoms with Gasteiger partial charge < -0.3 is 10.6 Å². The minimum Gasteiger partial charge on any atom is -0.326 e. The summed E-state index contributed by atoms with van der Waals surface area (Å²) >= 11 is 0. The van der Waals surface area contributed by atoms with Crippen molar-refractivity contribution in [3.63, 3.8) is 0 Å². The summed E-state index contributed by atoms with van der Waals surface area (Å²) in [6.07, 6.45) is -3.87. The van der Waals surface area contributed by atoms with Gasteiger partial charge in [-0.3, -0.25) is 4.79 Å². The molecule has 0 aliphatic rings. The highest BCUT2D eigenvalue weighted by molar-refractivity contribution is 5.93. The molecule has 150 valence electrons. The summed E-state index contributed by atoms with van der Waals surface area (Å²) in [5.74, 6) is -1.10. The molecule has 0 aromatic heterocycles.